The van der Waals surface area contributed by atoms with Gasteiger partial charge < -0.3 is 30.6 Å². The summed E-state index contributed by atoms with van der Waals surface area (Å²) < 4.78 is 15.1. The second-order valence-corrected chi connectivity index (χ2v) is 8.19. The van der Waals surface area contributed by atoms with E-state index in [1.165, 1.54) is 19.1 Å². The summed E-state index contributed by atoms with van der Waals surface area (Å²) >= 11 is 0. The van der Waals surface area contributed by atoms with Gasteiger partial charge in [-0.2, -0.15) is 5.26 Å². The largest absolute Gasteiger partial charge is 0.469 e. The molecule has 11 heteroatoms. The molecule has 1 aliphatic heterocycles. The van der Waals surface area contributed by atoms with Crippen LogP contribution in [0.3, 0.4) is 0 Å². The van der Waals surface area contributed by atoms with Crippen LogP contribution in [0, 0.1) is 11.3 Å². The number of hydrogen-bond donors (Lipinski definition) is 2. The Morgan fingerprint density at radius 1 is 1.03 bits per heavy atom. The van der Waals surface area contributed by atoms with Crippen LogP contribution in [0.25, 0.3) is 0 Å². The minimum Gasteiger partial charge on any atom is -0.469 e. The van der Waals surface area contributed by atoms with E-state index in [1.54, 1.807) is 36.4 Å². The number of methoxy groups -OCH3 is 2. The highest BCUT2D eigenvalue weighted by atomic mass is 16.5. The highest BCUT2D eigenvalue weighted by Crippen LogP contribution is 2.42. The van der Waals surface area contributed by atoms with E-state index in [-0.39, 0.29) is 22.8 Å². The Kier molecular flexibility index (Phi) is 8.04. The number of ether oxygens (including phenoxy) is 3. The number of primary amides is 1. The molecule has 0 radical (unpaired) electrons. The van der Waals surface area contributed by atoms with Crippen LogP contribution in [0.1, 0.15) is 17.9 Å². The van der Waals surface area contributed by atoms with Gasteiger partial charge in [-0.05, 0) is 42.0 Å². The van der Waals surface area contributed by atoms with Gasteiger partial charge in [0, 0.05) is 19.8 Å². The summed E-state index contributed by atoms with van der Waals surface area (Å²) in [7, 11) is 6.14. The fourth-order valence-electron chi connectivity index (χ4n) is 3.97. The first-order valence-corrected chi connectivity index (χ1v) is 11.1. The molecular formula is C26H27N5O6. The van der Waals surface area contributed by atoms with Crippen LogP contribution in [0.15, 0.2) is 71.3 Å². The topological polar surface area (TPSA) is 161 Å². The van der Waals surface area contributed by atoms with Gasteiger partial charge in [-0.1, -0.05) is 12.1 Å². The lowest BCUT2D eigenvalue weighted by atomic mass is 9.82. The van der Waals surface area contributed by atoms with Gasteiger partial charge in [0.05, 0.1) is 37.1 Å². The van der Waals surface area contributed by atoms with Crippen LogP contribution in [-0.2, 0) is 23.8 Å². The zero-order chi connectivity index (χ0) is 27.3. The van der Waals surface area contributed by atoms with E-state index in [0.717, 1.165) is 5.69 Å². The third-order valence-corrected chi connectivity index (χ3v) is 5.74. The Morgan fingerprint density at radius 2 is 1.68 bits per heavy atom. The lowest BCUT2D eigenvalue weighted by molar-refractivity contribution is -0.140. The third kappa shape index (κ3) is 5.48. The molecule has 0 spiro atoms. The van der Waals surface area contributed by atoms with E-state index >= 15 is 0 Å². The highest BCUT2D eigenvalue weighted by Gasteiger charge is 2.38. The SMILES string of the molecule is COC(=O)CC1=C(C(=O)OC)C(c2cccc(N(C(N)=O)c3ccc(N(C)C)cc3)c2)C(C#N)=C(N)O1. The van der Waals surface area contributed by atoms with Crippen LogP contribution in [0.2, 0.25) is 0 Å². The predicted molar refractivity (Wildman–Crippen MR) is 135 cm³/mol. The van der Waals surface area contributed by atoms with E-state index in [9.17, 15) is 19.6 Å². The van der Waals surface area contributed by atoms with Crippen LogP contribution < -0.4 is 21.3 Å². The van der Waals surface area contributed by atoms with Crippen molar-refractivity contribution in [2.45, 2.75) is 12.3 Å². The molecule has 37 heavy (non-hydrogen) atoms. The average Bonchev–Trinajstić information content (AvgIpc) is 2.88. The average molecular weight is 506 g/mol. The van der Waals surface area contributed by atoms with Crippen molar-refractivity contribution in [2.75, 3.05) is 38.1 Å². The summed E-state index contributed by atoms with van der Waals surface area (Å²) in [6.45, 7) is 0. The summed E-state index contributed by atoms with van der Waals surface area (Å²) in [6.07, 6.45) is -0.415. The van der Waals surface area contributed by atoms with Crippen LogP contribution >= 0.6 is 0 Å². The molecule has 192 valence electrons. The molecule has 4 N–H and O–H groups in total. The number of benzene rings is 2. The maximum atomic E-state index is 12.9. The molecule has 1 atom stereocenters. The number of rotatable bonds is 7. The number of amides is 2. The molecule has 0 saturated heterocycles. The maximum Gasteiger partial charge on any atom is 0.338 e. The molecule has 0 bridgehead atoms. The minimum absolute atomic E-state index is 0.0628. The smallest absolute Gasteiger partial charge is 0.338 e. The molecule has 1 unspecified atom stereocenters. The van der Waals surface area contributed by atoms with E-state index in [2.05, 4.69) is 0 Å². The molecule has 1 heterocycles. The number of nitrogens with zero attached hydrogens (tertiary/aromatic N) is 3. The van der Waals surface area contributed by atoms with Crippen LogP contribution in [0.4, 0.5) is 21.9 Å². The van der Waals surface area contributed by atoms with E-state index in [1.807, 2.05) is 37.2 Å². The summed E-state index contributed by atoms with van der Waals surface area (Å²) in [4.78, 5) is 40.6. The first kappa shape index (κ1) is 26.6. The molecule has 2 amide bonds. The van der Waals surface area contributed by atoms with Crippen molar-refractivity contribution in [2.24, 2.45) is 11.5 Å². The zero-order valence-corrected chi connectivity index (χ0v) is 20.8. The summed E-state index contributed by atoms with van der Waals surface area (Å²) in [5.74, 6) is -2.91. The van der Waals surface area contributed by atoms with E-state index in [4.69, 9.17) is 25.7 Å². The lowest BCUT2D eigenvalue weighted by Gasteiger charge is -2.28. The molecule has 0 saturated carbocycles. The number of nitrogens with two attached hydrogens (primary N) is 2. The fourth-order valence-corrected chi connectivity index (χ4v) is 3.97. The summed E-state index contributed by atoms with van der Waals surface area (Å²) in [5.41, 5.74) is 13.8. The predicted octanol–water partition coefficient (Wildman–Crippen LogP) is 2.77. The van der Waals surface area contributed by atoms with Crippen LogP contribution in [-0.4, -0.2) is 46.3 Å². The molecule has 2 aromatic rings. The quantitative estimate of drug-likeness (QED) is 0.539. The first-order chi connectivity index (χ1) is 17.6. The minimum atomic E-state index is -1.04. The summed E-state index contributed by atoms with van der Waals surface area (Å²) in [6, 6.07) is 14.9. The normalized spacial score (nSPS) is 14.8. The molecule has 0 fully saturated rings. The number of hydrogen-bond acceptors (Lipinski definition) is 9. The van der Waals surface area contributed by atoms with Gasteiger partial charge in [0.2, 0.25) is 5.88 Å². The van der Waals surface area contributed by atoms with Gasteiger partial charge in [0.25, 0.3) is 0 Å². The van der Waals surface area contributed by atoms with Gasteiger partial charge in [-0.15, -0.1) is 0 Å². The van der Waals surface area contributed by atoms with Crippen LogP contribution in [0.5, 0.6) is 0 Å². The molecule has 3 rings (SSSR count). The van der Waals surface area contributed by atoms with Crippen molar-refractivity contribution in [3.8, 4) is 6.07 Å². The third-order valence-electron chi connectivity index (χ3n) is 5.74. The van der Waals surface area contributed by atoms with Crippen molar-refractivity contribution < 1.29 is 28.6 Å². The Hall–Kier alpha value is -4.98. The monoisotopic (exact) mass is 505 g/mol. The Balaban J connectivity index is 2.18. The first-order valence-electron chi connectivity index (χ1n) is 11.1. The van der Waals surface area contributed by atoms with Crippen molar-refractivity contribution in [1.29, 1.82) is 5.26 Å². The highest BCUT2D eigenvalue weighted by molar-refractivity contribution is 5.99. The number of anilines is 3. The molecule has 0 aliphatic carbocycles. The van der Waals surface area contributed by atoms with Crippen molar-refractivity contribution in [3.05, 3.63) is 76.9 Å². The van der Waals surface area contributed by atoms with Gasteiger partial charge in [-0.3, -0.25) is 9.69 Å². The summed E-state index contributed by atoms with van der Waals surface area (Å²) in [5, 5.41) is 9.87. The zero-order valence-electron chi connectivity index (χ0n) is 20.8. The molecule has 11 nitrogen and oxygen atoms in total. The molecule has 0 aromatic heterocycles. The second kappa shape index (κ2) is 11.2. The Morgan fingerprint density at radius 3 is 2.22 bits per heavy atom. The Labute approximate surface area is 214 Å². The van der Waals surface area contributed by atoms with Gasteiger partial charge >= 0.3 is 18.0 Å². The molecule has 1 aliphatic rings. The number of allylic oxidation sites excluding steroid dienone is 1. The number of esters is 2. The second-order valence-electron chi connectivity index (χ2n) is 8.19. The maximum absolute atomic E-state index is 12.9. The molecular weight excluding hydrogens is 478 g/mol. The van der Waals surface area contributed by atoms with Crippen molar-refractivity contribution >= 4 is 35.0 Å². The van der Waals surface area contributed by atoms with E-state index < -0.39 is 30.3 Å². The van der Waals surface area contributed by atoms with Gasteiger partial charge in [0.1, 0.15) is 23.8 Å². The van der Waals surface area contributed by atoms with Gasteiger partial charge in [-0.25, -0.2) is 9.59 Å². The number of urea groups is 1. The number of nitriles is 1. The molecule has 2 aromatic carbocycles. The Bertz CT molecular complexity index is 1320. The standard InChI is InChI=1S/C26H27N5O6/c1-30(2)16-8-10-17(11-9-16)31(26(29)34)18-7-5-6-15(12-18)22-19(14-27)24(28)37-20(13-21(32)35-3)23(22)25(33)36-4/h5-12,22H,13,28H2,1-4H3,(H2,29,34). The van der Waals surface area contributed by atoms with E-state index in [0.29, 0.717) is 16.9 Å². The van der Waals surface area contributed by atoms with Crippen molar-refractivity contribution in [3.63, 3.8) is 0 Å². The number of carbonyl (C=O) groups excluding carboxylic acids is 3. The fraction of sp³-hybridized carbons (Fsp3) is 0.231. The lowest BCUT2D eigenvalue weighted by Crippen LogP contribution is -2.31. The van der Waals surface area contributed by atoms with Gasteiger partial charge in [0.15, 0.2) is 0 Å². The van der Waals surface area contributed by atoms with Crippen molar-refractivity contribution in [1.82, 2.24) is 0 Å². The number of carbonyl (C=O) groups is 3.